The Kier molecular flexibility index (Phi) is 3.85. The Morgan fingerprint density at radius 1 is 1.06 bits per heavy atom. The summed E-state index contributed by atoms with van der Waals surface area (Å²) in [5, 5.41) is 4.33. The number of pyridine rings is 1. The third-order valence-corrected chi connectivity index (χ3v) is 3.45. The Balaban J connectivity index is 2.34. The molecule has 6 heteroatoms. The van der Waals surface area contributed by atoms with Crippen molar-refractivity contribution < 1.29 is 0 Å². The molecule has 18 heavy (non-hydrogen) atoms. The van der Waals surface area contributed by atoms with E-state index in [9.17, 15) is 0 Å². The Hall–Kier alpha value is -1.16. The molecule has 0 aliphatic rings. The molecule has 1 aromatic carbocycles. The van der Waals surface area contributed by atoms with Crippen LogP contribution in [-0.4, -0.2) is 4.98 Å². The molecule has 0 spiro atoms. The van der Waals surface area contributed by atoms with E-state index in [-0.39, 0.29) is 0 Å². The zero-order valence-electron chi connectivity index (χ0n) is 9.47. The first kappa shape index (κ1) is 13.3. The maximum absolute atomic E-state index is 6.06. The van der Waals surface area contributed by atoms with Gasteiger partial charge in [0.25, 0.3) is 0 Å². The van der Waals surface area contributed by atoms with Gasteiger partial charge in [0.2, 0.25) is 0 Å². The van der Waals surface area contributed by atoms with Gasteiger partial charge in [0.1, 0.15) is 5.82 Å². The van der Waals surface area contributed by atoms with Crippen LogP contribution in [0.25, 0.3) is 0 Å². The van der Waals surface area contributed by atoms with E-state index in [1.807, 2.05) is 6.92 Å². The van der Waals surface area contributed by atoms with E-state index in [1.54, 1.807) is 24.4 Å². The third kappa shape index (κ3) is 2.80. The molecule has 0 aliphatic heterocycles. The van der Waals surface area contributed by atoms with Crippen molar-refractivity contribution in [2.75, 3.05) is 11.1 Å². The lowest BCUT2D eigenvalue weighted by Gasteiger charge is -2.10. The SMILES string of the molecule is Cc1cnc(Nc2cc(Cl)c(Cl)cc2Cl)cc1N. The van der Waals surface area contributed by atoms with Gasteiger partial charge in [-0.2, -0.15) is 0 Å². The van der Waals surface area contributed by atoms with Crippen molar-refractivity contribution in [3.8, 4) is 0 Å². The molecular formula is C12H10Cl3N3. The highest BCUT2D eigenvalue weighted by Crippen LogP contribution is 2.33. The smallest absolute Gasteiger partial charge is 0.132 e. The highest BCUT2D eigenvalue weighted by Gasteiger charge is 2.07. The largest absolute Gasteiger partial charge is 0.398 e. The molecule has 0 bridgehead atoms. The van der Waals surface area contributed by atoms with E-state index in [0.717, 1.165) is 5.56 Å². The van der Waals surface area contributed by atoms with Crippen molar-refractivity contribution in [1.82, 2.24) is 4.98 Å². The highest BCUT2D eigenvalue weighted by molar-refractivity contribution is 6.44. The van der Waals surface area contributed by atoms with Crippen LogP contribution in [0.15, 0.2) is 24.4 Å². The maximum Gasteiger partial charge on any atom is 0.132 e. The summed E-state index contributed by atoms with van der Waals surface area (Å²) >= 11 is 17.8. The van der Waals surface area contributed by atoms with Crippen LogP contribution in [0.1, 0.15) is 5.56 Å². The second kappa shape index (κ2) is 5.22. The summed E-state index contributed by atoms with van der Waals surface area (Å²) in [6, 6.07) is 4.95. The first-order valence-electron chi connectivity index (χ1n) is 5.11. The van der Waals surface area contributed by atoms with Crippen molar-refractivity contribution in [3.63, 3.8) is 0 Å². The Morgan fingerprint density at radius 3 is 2.39 bits per heavy atom. The lowest BCUT2D eigenvalue weighted by molar-refractivity contribution is 1.26. The van der Waals surface area contributed by atoms with Crippen molar-refractivity contribution in [3.05, 3.63) is 45.0 Å². The molecule has 94 valence electrons. The Bertz CT molecular complexity index is 599. The minimum absolute atomic E-state index is 0.406. The van der Waals surface area contributed by atoms with Crippen LogP contribution in [0.3, 0.4) is 0 Å². The molecule has 0 radical (unpaired) electrons. The fourth-order valence-electron chi connectivity index (χ4n) is 1.36. The molecule has 0 atom stereocenters. The van der Waals surface area contributed by atoms with Crippen LogP contribution in [0.5, 0.6) is 0 Å². The van der Waals surface area contributed by atoms with Gasteiger partial charge < -0.3 is 11.1 Å². The summed E-state index contributed by atoms with van der Waals surface area (Å²) in [6.07, 6.45) is 1.68. The van der Waals surface area contributed by atoms with Crippen molar-refractivity contribution in [2.24, 2.45) is 0 Å². The van der Waals surface area contributed by atoms with Crippen LogP contribution in [-0.2, 0) is 0 Å². The molecule has 0 unspecified atom stereocenters. The van der Waals surface area contributed by atoms with Crippen molar-refractivity contribution in [2.45, 2.75) is 6.92 Å². The predicted molar refractivity (Wildman–Crippen MR) is 78.1 cm³/mol. The van der Waals surface area contributed by atoms with Gasteiger partial charge in [0, 0.05) is 18.0 Å². The molecule has 1 heterocycles. The number of aryl methyl sites for hydroxylation is 1. The molecule has 2 aromatic rings. The first-order valence-corrected chi connectivity index (χ1v) is 6.24. The number of benzene rings is 1. The molecule has 3 N–H and O–H groups in total. The second-order valence-corrected chi connectivity index (χ2v) is 5.02. The Morgan fingerprint density at radius 2 is 1.72 bits per heavy atom. The van der Waals surface area contributed by atoms with Gasteiger partial charge >= 0.3 is 0 Å². The lowest BCUT2D eigenvalue weighted by Crippen LogP contribution is -1.98. The van der Waals surface area contributed by atoms with Gasteiger partial charge in [0.05, 0.1) is 20.8 Å². The average Bonchev–Trinajstić information content (AvgIpc) is 2.31. The quantitative estimate of drug-likeness (QED) is 0.792. The summed E-state index contributed by atoms with van der Waals surface area (Å²) in [6.45, 7) is 1.89. The highest BCUT2D eigenvalue weighted by atomic mass is 35.5. The molecule has 3 nitrogen and oxygen atoms in total. The lowest BCUT2D eigenvalue weighted by atomic mass is 10.2. The van der Waals surface area contributed by atoms with Crippen LogP contribution in [0.4, 0.5) is 17.2 Å². The normalized spacial score (nSPS) is 10.4. The predicted octanol–water partition coefficient (Wildman–Crippen LogP) is 4.68. The zero-order chi connectivity index (χ0) is 13.3. The average molecular weight is 303 g/mol. The molecule has 0 saturated heterocycles. The van der Waals surface area contributed by atoms with Gasteiger partial charge in [-0.25, -0.2) is 4.98 Å². The van der Waals surface area contributed by atoms with E-state index in [2.05, 4.69) is 10.3 Å². The zero-order valence-corrected chi connectivity index (χ0v) is 11.7. The van der Waals surface area contributed by atoms with Gasteiger partial charge in [-0.1, -0.05) is 34.8 Å². The van der Waals surface area contributed by atoms with E-state index in [1.165, 1.54) is 0 Å². The number of aromatic nitrogens is 1. The van der Waals surface area contributed by atoms with Gasteiger partial charge in [-0.15, -0.1) is 0 Å². The summed E-state index contributed by atoms with van der Waals surface area (Å²) < 4.78 is 0. The van der Waals surface area contributed by atoms with Gasteiger partial charge in [-0.3, -0.25) is 0 Å². The van der Waals surface area contributed by atoms with E-state index in [0.29, 0.717) is 32.3 Å². The summed E-state index contributed by atoms with van der Waals surface area (Å²) in [4.78, 5) is 4.20. The molecular weight excluding hydrogens is 293 g/mol. The minimum Gasteiger partial charge on any atom is -0.398 e. The number of nitrogen functional groups attached to an aromatic ring is 1. The number of hydrogen-bond donors (Lipinski definition) is 2. The molecule has 0 amide bonds. The van der Waals surface area contributed by atoms with E-state index < -0.39 is 0 Å². The number of hydrogen-bond acceptors (Lipinski definition) is 3. The Labute approximate surface area is 120 Å². The molecule has 0 aliphatic carbocycles. The van der Waals surface area contributed by atoms with E-state index in [4.69, 9.17) is 40.5 Å². The topological polar surface area (TPSA) is 50.9 Å². The molecule has 0 saturated carbocycles. The van der Waals surface area contributed by atoms with Crippen molar-refractivity contribution in [1.29, 1.82) is 0 Å². The third-order valence-electron chi connectivity index (χ3n) is 2.42. The van der Waals surface area contributed by atoms with Gasteiger partial charge in [0.15, 0.2) is 0 Å². The number of nitrogens with one attached hydrogen (secondary N) is 1. The first-order chi connectivity index (χ1) is 8.47. The standard InChI is InChI=1S/C12H10Cl3N3/c1-6-5-17-12(4-10(6)16)18-11-3-8(14)7(13)2-9(11)15/h2-5H,1H3,(H3,16,17,18). The van der Waals surface area contributed by atoms with E-state index >= 15 is 0 Å². The van der Waals surface area contributed by atoms with Crippen LogP contribution < -0.4 is 11.1 Å². The van der Waals surface area contributed by atoms with Gasteiger partial charge in [-0.05, 0) is 24.6 Å². The summed E-state index contributed by atoms with van der Waals surface area (Å²) in [7, 11) is 0. The summed E-state index contributed by atoms with van der Waals surface area (Å²) in [5.41, 5.74) is 8.01. The molecule has 2 rings (SSSR count). The number of halogens is 3. The number of anilines is 3. The number of rotatable bonds is 2. The molecule has 1 aromatic heterocycles. The van der Waals surface area contributed by atoms with Crippen LogP contribution >= 0.6 is 34.8 Å². The maximum atomic E-state index is 6.06. The summed E-state index contributed by atoms with van der Waals surface area (Å²) in [5.74, 6) is 0.596. The fraction of sp³-hybridized carbons (Fsp3) is 0.0833. The van der Waals surface area contributed by atoms with Crippen LogP contribution in [0, 0.1) is 6.92 Å². The monoisotopic (exact) mass is 301 g/mol. The fourth-order valence-corrected chi connectivity index (χ4v) is 1.96. The number of nitrogens with zero attached hydrogens (tertiary/aromatic N) is 1. The van der Waals surface area contributed by atoms with Crippen LogP contribution in [0.2, 0.25) is 15.1 Å². The van der Waals surface area contributed by atoms with Crippen molar-refractivity contribution >= 4 is 52.0 Å². The number of nitrogens with two attached hydrogens (primary N) is 1. The minimum atomic E-state index is 0.406. The molecule has 0 fully saturated rings. The second-order valence-electron chi connectivity index (χ2n) is 3.80.